The number of carbonyl (C=O) groups excluding carboxylic acids is 1. The van der Waals surface area contributed by atoms with Gasteiger partial charge in [0.25, 0.3) is 5.91 Å². The van der Waals surface area contributed by atoms with Gasteiger partial charge in [-0.05, 0) is 67.7 Å². The normalized spacial score (nSPS) is 18.2. The summed E-state index contributed by atoms with van der Waals surface area (Å²) in [7, 11) is 0. The van der Waals surface area contributed by atoms with Gasteiger partial charge >= 0.3 is 0 Å². The monoisotopic (exact) mass is 364 g/mol. The van der Waals surface area contributed by atoms with Crippen molar-refractivity contribution in [3.05, 3.63) is 57.4 Å². The number of hydrogen-bond donors (Lipinski definition) is 1. The Bertz CT molecular complexity index is 890. The molecule has 1 aliphatic heterocycles. The Kier molecular flexibility index (Phi) is 4.08. The van der Waals surface area contributed by atoms with Gasteiger partial charge in [0, 0.05) is 35.1 Å². The maximum atomic E-state index is 12.9. The maximum Gasteiger partial charge on any atom is 0.263 e. The van der Waals surface area contributed by atoms with Crippen molar-refractivity contribution in [2.24, 2.45) is 0 Å². The van der Waals surface area contributed by atoms with E-state index < -0.39 is 0 Å². The van der Waals surface area contributed by atoms with Crippen molar-refractivity contribution in [2.45, 2.75) is 44.4 Å². The van der Waals surface area contributed by atoms with E-state index in [-0.39, 0.29) is 5.91 Å². The molecule has 1 fully saturated rings. The van der Waals surface area contributed by atoms with Crippen LogP contribution in [0.5, 0.6) is 0 Å². The van der Waals surface area contributed by atoms with Crippen molar-refractivity contribution < 1.29 is 4.79 Å². The molecule has 1 N–H and O–H groups in total. The summed E-state index contributed by atoms with van der Waals surface area (Å²) in [4.78, 5) is 21.0. The number of benzene rings is 1. The van der Waals surface area contributed by atoms with Gasteiger partial charge in [0.2, 0.25) is 0 Å². The fourth-order valence-corrected chi connectivity index (χ4v) is 5.68. The molecule has 4 heteroatoms. The minimum atomic E-state index is 0.250. The van der Waals surface area contributed by atoms with E-state index >= 15 is 0 Å². The second-order valence-electron chi connectivity index (χ2n) is 7.64. The molecule has 2 aromatic heterocycles. The number of fused-ring (bicyclic) bond motifs is 2. The van der Waals surface area contributed by atoms with Crippen LogP contribution in [0.3, 0.4) is 0 Å². The van der Waals surface area contributed by atoms with Crippen LogP contribution >= 0.6 is 11.3 Å². The minimum absolute atomic E-state index is 0.250. The average molecular weight is 365 g/mol. The third-order valence-corrected chi connectivity index (χ3v) is 7.21. The molecule has 1 amide bonds. The van der Waals surface area contributed by atoms with Gasteiger partial charge in [0.1, 0.15) is 0 Å². The Morgan fingerprint density at radius 3 is 2.69 bits per heavy atom. The predicted molar refractivity (Wildman–Crippen MR) is 107 cm³/mol. The van der Waals surface area contributed by atoms with Crippen molar-refractivity contribution in [1.29, 1.82) is 0 Å². The van der Waals surface area contributed by atoms with Crippen molar-refractivity contribution in [3.63, 3.8) is 0 Å². The van der Waals surface area contributed by atoms with Crippen molar-refractivity contribution in [3.8, 4) is 0 Å². The van der Waals surface area contributed by atoms with Crippen LogP contribution in [0.1, 0.15) is 57.4 Å². The van der Waals surface area contributed by atoms with E-state index in [1.54, 1.807) is 11.3 Å². The van der Waals surface area contributed by atoms with Crippen LogP contribution in [0.4, 0.5) is 0 Å². The van der Waals surface area contributed by atoms with Crippen LogP contribution in [-0.4, -0.2) is 28.9 Å². The highest BCUT2D eigenvalue weighted by atomic mass is 32.1. The molecule has 0 atom stereocenters. The van der Waals surface area contributed by atoms with Crippen LogP contribution in [0.25, 0.3) is 10.9 Å². The van der Waals surface area contributed by atoms with E-state index in [4.69, 9.17) is 0 Å². The standard InChI is InChI=1S/C22H24N2OS/c25-22(21-14-17-6-2-4-8-20(17)26-21)24-11-9-15(10-12-24)19-13-16-5-1-3-7-18(16)23-19/h1,3,5,7,13-15,23H,2,4,6,8-12H2. The number of para-hydroxylation sites is 1. The molecule has 1 aliphatic carbocycles. The fraction of sp³-hybridized carbons (Fsp3) is 0.409. The van der Waals surface area contributed by atoms with E-state index in [1.807, 2.05) is 0 Å². The largest absolute Gasteiger partial charge is 0.358 e. The molecule has 3 heterocycles. The number of aromatic amines is 1. The molecule has 0 spiro atoms. The highest BCUT2D eigenvalue weighted by molar-refractivity contribution is 7.14. The van der Waals surface area contributed by atoms with Gasteiger partial charge in [0.05, 0.1) is 4.88 Å². The summed E-state index contributed by atoms with van der Waals surface area (Å²) in [6.45, 7) is 1.73. The first kappa shape index (κ1) is 16.1. The number of thiophene rings is 1. The molecule has 0 bridgehead atoms. The quantitative estimate of drug-likeness (QED) is 0.672. The molecule has 1 aromatic carbocycles. The molecule has 0 unspecified atom stereocenters. The van der Waals surface area contributed by atoms with Gasteiger partial charge in [-0.25, -0.2) is 0 Å². The lowest BCUT2D eigenvalue weighted by atomic mass is 9.93. The lowest BCUT2D eigenvalue weighted by molar-refractivity contribution is 0.0717. The number of rotatable bonds is 2. The van der Waals surface area contributed by atoms with Crippen LogP contribution in [0.2, 0.25) is 0 Å². The molecule has 5 rings (SSSR count). The summed E-state index contributed by atoms with van der Waals surface area (Å²) in [5, 5.41) is 1.28. The highest BCUT2D eigenvalue weighted by Gasteiger charge is 2.27. The summed E-state index contributed by atoms with van der Waals surface area (Å²) >= 11 is 1.74. The highest BCUT2D eigenvalue weighted by Crippen LogP contribution is 2.33. The Labute approximate surface area is 158 Å². The van der Waals surface area contributed by atoms with Crippen LogP contribution in [-0.2, 0) is 12.8 Å². The van der Waals surface area contributed by atoms with Crippen LogP contribution < -0.4 is 0 Å². The number of piperidine rings is 1. The topological polar surface area (TPSA) is 36.1 Å². The zero-order valence-corrected chi connectivity index (χ0v) is 15.8. The molecule has 134 valence electrons. The van der Waals surface area contributed by atoms with Gasteiger partial charge in [-0.3, -0.25) is 4.79 Å². The minimum Gasteiger partial charge on any atom is -0.358 e. The molecule has 0 radical (unpaired) electrons. The number of aryl methyl sites for hydroxylation is 2. The number of aromatic nitrogens is 1. The smallest absolute Gasteiger partial charge is 0.263 e. The number of amides is 1. The maximum absolute atomic E-state index is 12.9. The Balaban J connectivity index is 1.27. The third kappa shape index (κ3) is 2.86. The number of likely N-dealkylation sites (tertiary alicyclic amines) is 1. The van der Waals surface area contributed by atoms with Gasteiger partial charge in [-0.1, -0.05) is 18.2 Å². The van der Waals surface area contributed by atoms with Crippen molar-refractivity contribution in [2.75, 3.05) is 13.1 Å². The summed E-state index contributed by atoms with van der Waals surface area (Å²) < 4.78 is 0. The SMILES string of the molecule is O=C(c1cc2c(s1)CCCC2)N1CCC(c2cc3ccccc3[nH]2)CC1. The zero-order chi connectivity index (χ0) is 17.5. The second-order valence-corrected chi connectivity index (χ2v) is 8.78. The Morgan fingerprint density at radius 2 is 1.88 bits per heavy atom. The van der Waals surface area contributed by atoms with Crippen molar-refractivity contribution >= 4 is 28.1 Å². The first-order valence-electron chi connectivity index (χ1n) is 9.76. The number of hydrogen-bond acceptors (Lipinski definition) is 2. The lowest BCUT2D eigenvalue weighted by Crippen LogP contribution is -2.37. The molecule has 0 saturated carbocycles. The average Bonchev–Trinajstić information content (AvgIpc) is 3.31. The number of H-pyrrole nitrogens is 1. The first-order chi connectivity index (χ1) is 12.8. The molecule has 1 saturated heterocycles. The Morgan fingerprint density at radius 1 is 1.08 bits per heavy atom. The first-order valence-corrected chi connectivity index (χ1v) is 10.6. The van der Waals surface area contributed by atoms with E-state index in [0.717, 1.165) is 43.6 Å². The molecule has 3 nitrogen and oxygen atoms in total. The zero-order valence-electron chi connectivity index (χ0n) is 15.0. The summed E-state index contributed by atoms with van der Waals surface area (Å²) in [6.07, 6.45) is 6.95. The lowest BCUT2D eigenvalue weighted by Gasteiger charge is -2.31. The molecule has 2 aliphatic rings. The van der Waals surface area contributed by atoms with E-state index in [1.165, 1.54) is 39.9 Å². The van der Waals surface area contributed by atoms with Gasteiger partial charge < -0.3 is 9.88 Å². The van der Waals surface area contributed by atoms with Gasteiger partial charge in [-0.2, -0.15) is 0 Å². The number of nitrogens with zero attached hydrogens (tertiary/aromatic N) is 1. The third-order valence-electron chi connectivity index (χ3n) is 5.98. The molecule has 26 heavy (non-hydrogen) atoms. The summed E-state index contributed by atoms with van der Waals surface area (Å²) in [5.74, 6) is 0.780. The fourth-order valence-electron chi connectivity index (χ4n) is 4.46. The molecular weight excluding hydrogens is 340 g/mol. The number of carbonyl (C=O) groups is 1. The van der Waals surface area contributed by atoms with Gasteiger partial charge in [0.15, 0.2) is 0 Å². The van der Waals surface area contributed by atoms with Crippen molar-refractivity contribution in [1.82, 2.24) is 9.88 Å². The van der Waals surface area contributed by atoms with Crippen LogP contribution in [0.15, 0.2) is 36.4 Å². The number of nitrogens with one attached hydrogen (secondary N) is 1. The van der Waals surface area contributed by atoms with E-state index in [0.29, 0.717) is 5.92 Å². The van der Waals surface area contributed by atoms with E-state index in [2.05, 4.69) is 46.3 Å². The molecule has 3 aromatic rings. The summed E-state index contributed by atoms with van der Waals surface area (Å²) in [6, 6.07) is 12.9. The van der Waals surface area contributed by atoms with Gasteiger partial charge in [-0.15, -0.1) is 11.3 Å². The second kappa shape index (κ2) is 6.58. The summed E-state index contributed by atoms with van der Waals surface area (Å²) in [5.41, 5.74) is 3.97. The van der Waals surface area contributed by atoms with E-state index in [9.17, 15) is 4.79 Å². The predicted octanol–water partition coefficient (Wildman–Crippen LogP) is 5.13. The van der Waals surface area contributed by atoms with Crippen LogP contribution in [0, 0.1) is 0 Å². The molecular formula is C22H24N2OS. The Hall–Kier alpha value is -2.07.